The van der Waals surface area contributed by atoms with Gasteiger partial charge in [-0.15, -0.1) is 0 Å². The van der Waals surface area contributed by atoms with Crippen LogP contribution in [0.15, 0.2) is 60.0 Å². The summed E-state index contributed by atoms with van der Waals surface area (Å²) in [6.07, 6.45) is 2.87. The SMILES string of the molecule is C=CC(=O)N1C[C@H](C)N(c2nc(=O)n(-c3c(C)ccnc3C(C)C)c3nc(Cc4ccccc4F)c(F)cc23)C[C@H]1C. The van der Waals surface area contributed by atoms with Crippen molar-refractivity contribution in [1.29, 1.82) is 0 Å². The van der Waals surface area contributed by atoms with Gasteiger partial charge in [0.25, 0.3) is 0 Å². The third kappa shape index (κ3) is 5.17. The summed E-state index contributed by atoms with van der Waals surface area (Å²) in [5, 5.41) is 0.338. The lowest BCUT2D eigenvalue weighted by atomic mass is 10.0. The number of carbonyl (C=O) groups excluding carboxylic acids is 1. The number of amides is 1. The van der Waals surface area contributed by atoms with Crippen molar-refractivity contribution in [3.63, 3.8) is 0 Å². The summed E-state index contributed by atoms with van der Waals surface area (Å²) in [6.45, 7) is 14.0. The summed E-state index contributed by atoms with van der Waals surface area (Å²) < 4.78 is 31.8. The summed E-state index contributed by atoms with van der Waals surface area (Å²) in [4.78, 5) is 43.8. The fourth-order valence-corrected chi connectivity index (χ4v) is 5.64. The zero-order valence-corrected chi connectivity index (χ0v) is 24.4. The molecule has 218 valence electrons. The van der Waals surface area contributed by atoms with Crippen molar-refractivity contribution in [1.82, 2.24) is 24.4 Å². The minimum atomic E-state index is -0.632. The van der Waals surface area contributed by atoms with Crippen molar-refractivity contribution in [2.24, 2.45) is 0 Å². The Balaban J connectivity index is 1.77. The molecule has 1 aromatic carbocycles. The van der Waals surface area contributed by atoms with Gasteiger partial charge in [-0.25, -0.2) is 23.1 Å². The molecule has 4 heterocycles. The first kappa shape index (κ1) is 29.0. The number of piperazine rings is 1. The fraction of sp³-hybridized carbons (Fsp3) is 0.344. The quantitative estimate of drug-likeness (QED) is 0.300. The normalized spacial score (nSPS) is 17.2. The number of aryl methyl sites for hydroxylation is 1. The maximum absolute atomic E-state index is 15.8. The number of benzene rings is 1. The first-order valence-corrected chi connectivity index (χ1v) is 14.0. The maximum Gasteiger partial charge on any atom is 0.355 e. The highest BCUT2D eigenvalue weighted by Crippen LogP contribution is 2.32. The minimum Gasteiger partial charge on any atom is -0.349 e. The summed E-state index contributed by atoms with van der Waals surface area (Å²) in [7, 11) is 0. The minimum absolute atomic E-state index is 0.00774. The topological polar surface area (TPSA) is 84.2 Å². The Bertz CT molecular complexity index is 1750. The number of rotatable bonds is 6. The van der Waals surface area contributed by atoms with Crippen LogP contribution in [0.1, 0.15) is 56.1 Å². The van der Waals surface area contributed by atoms with Crippen molar-refractivity contribution in [3.05, 3.63) is 99.9 Å². The third-order valence-corrected chi connectivity index (χ3v) is 7.83. The summed E-state index contributed by atoms with van der Waals surface area (Å²) in [5.41, 5.74) is 1.92. The molecular weight excluding hydrogens is 538 g/mol. The zero-order chi connectivity index (χ0) is 30.3. The van der Waals surface area contributed by atoms with E-state index in [1.165, 1.54) is 22.8 Å². The van der Waals surface area contributed by atoms with Gasteiger partial charge < -0.3 is 9.80 Å². The largest absolute Gasteiger partial charge is 0.355 e. The number of fused-ring (bicyclic) bond motifs is 1. The number of anilines is 1. The second kappa shape index (κ2) is 11.4. The van der Waals surface area contributed by atoms with E-state index in [9.17, 15) is 14.0 Å². The predicted octanol–water partition coefficient (Wildman–Crippen LogP) is 5.09. The van der Waals surface area contributed by atoms with Gasteiger partial charge in [-0.2, -0.15) is 4.98 Å². The van der Waals surface area contributed by atoms with Gasteiger partial charge >= 0.3 is 5.69 Å². The molecule has 0 aliphatic carbocycles. The maximum atomic E-state index is 15.8. The molecule has 1 aliphatic rings. The first-order chi connectivity index (χ1) is 20.0. The molecule has 0 bridgehead atoms. The van der Waals surface area contributed by atoms with E-state index in [1.807, 2.05) is 39.5 Å². The van der Waals surface area contributed by atoms with Gasteiger partial charge in [0, 0.05) is 37.8 Å². The van der Waals surface area contributed by atoms with Crippen LogP contribution in [0.3, 0.4) is 0 Å². The lowest BCUT2D eigenvalue weighted by Crippen LogP contribution is -2.58. The Morgan fingerprint density at radius 3 is 2.52 bits per heavy atom. The van der Waals surface area contributed by atoms with Gasteiger partial charge in [0.15, 0.2) is 5.65 Å². The van der Waals surface area contributed by atoms with Gasteiger partial charge in [0.05, 0.1) is 22.5 Å². The third-order valence-electron chi connectivity index (χ3n) is 7.83. The molecule has 1 amide bonds. The Morgan fingerprint density at radius 1 is 1.10 bits per heavy atom. The van der Waals surface area contributed by atoms with Crippen LogP contribution in [-0.2, 0) is 11.2 Å². The number of hydrogen-bond acceptors (Lipinski definition) is 6. The highest BCUT2D eigenvalue weighted by atomic mass is 19.1. The molecule has 0 radical (unpaired) electrons. The summed E-state index contributed by atoms with van der Waals surface area (Å²) in [6, 6.07) is 8.85. The molecule has 3 aromatic heterocycles. The lowest BCUT2D eigenvalue weighted by Gasteiger charge is -2.44. The van der Waals surface area contributed by atoms with Gasteiger partial charge in [-0.1, -0.05) is 38.6 Å². The predicted molar refractivity (Wildman–Crippen MR) is 159 cm³/mol. The molecule has 0 unspecified atom stereocenters. The van der Waals surface area contributed by atoms with E-state index < -0.39 is 17.3 Å². The van der Waals surface area contributed by atoms with Crippen molar-refractivity contribution >= 4 is 22.8 Å². The number of pyridine rings is 2. The van der Waals surface area contributed by atoms with Gasteiger partial charge in [0.1, 0.15) is 17.5 Å². The number of carbonyl (C=O) groups is 1. The average molecular weight is 573 g/mol. The molecular formula is C32H34F2N6O2. The van der Waals surface area contributed by atoms with Crippen LogP contribution >= 0.6 is 0 Å². The van der Waals surface area contributed by atoms with E-state index in [1.54, 1.807) is 35.4 Å². The molecule has 42 heavy (non-hydrogen) atoms. The van der Waals surface area contributed by atoms with Crippen molar-refractivity contribution in [2.45, 2.75) is 59.0 Å². The van der Waals surface area contributed by atoms with Crippen LogP contribution in [0.2, 0.25) is 0 Å². The molecule has 1 saturated heterocycles. The van der Waals surface area contributed by atoms with E-state index >= 15 is 4.39 Å². The average Bonchev–Trinajstić information content (AvgIpc) is 2.95. The Morgan fingerprint density at radius 2 is 1.83 bits per heavy atom. The number of nitrogens with zero attached hydrogens (tertiary/aromatic N) is 6. The van der Waals surface area contributed by atoms with Crippen LogP contribution in [-0.4, -0.2) is 55.5 Å². The van der Waals surface area contributed by atoms with Crippen molar-refractivity contribution in [2.75, 3.05) is 18.0 Å². The van der Waals surface area contributed by atoms with Gasteiger partial charge in [-0.3, -0.25) is 9.78 Å². The smallest absolute Gasteiger partial charge is 0.349 e. The molecule has 0 saturated carbocycles. The number of hydrogen-bond donors (Lipinski definition) is 0. The van der Waals surface area contributed by atoms with E-state index in [0.29, 0.717) is 29.9 Å². The Kier molecular flexibility index (Phi) is 7.90. The first-order valence-electron chi connectivity index (χ1n) is 14.0. The molecule has 0 spiro atoms. The molecule has 4 aromatic rings. The van der Waals surface area contributed by atoms with Gasteiger partial charge in [-0.05, 0) is 62.1 Å². The van der Waals surface area contributed by atoms with Gasteiger partial charge in [0.2, 0.25) is 5.91 Å². The second-order valence-corrected chi connectivity index (χ2v) is 11.2. The van der Waals surface area contributed by atoms with Crippen LogP contribution in [0, 0.1) is 18.6 Å². The van der Waals surface area contributed by atoms with E-state index in [-0.39, 0.29) is 53.1 Å². The molecule has 1 fully saturated rings. The fourth-order valence-electron chi connectivity index (χ4n) is 5.64. The Labute approximate surface area is 243 Å². The number of halogens is 2. The number of aromatic nitrogens is 4. The molecule has 8 nitrogen and oxygen atoms in total. The zero-order valence-electron chi connectivity index (χ0n) is 24.4. The Hall–Kier alpha value is -4.47. The monoisotopic (exact) mass is 572 g/mol. The molecule has 5 rings (SSSR count). The highest BCUT2D eigenvalue weighted by molar-refractivity contribution is 5.90. The van der Waals surface area contributed by atoms with Crippen molar-refractivity contribution < 1.29 is 13.6 Å². The summed E-state index contributed by atoms with van der Waals surface area (Å²) in [5.74, 6) is -1.02. The molecule has 2 atom stereocenters. The molecule has 10 heteroatoms. The molecule has 0 N–H and O–H groups in total. The van der Waals surface area contributed by atoms with Crippen molar-refractivity contribution in [3.8, 4) is 5.69 Å². The standard InChI is InChI=1S/C32H34F2N6O2/c1-7-27(41)38-16-21(6)39(17-20(38)5)30-23-15-25(34)26(14-22-10-8-9-11-24(22)33)36-31(23)40(32(42)37-30)29-19(4)12-13-35-28(29)18(2)3/h7-13,15,18,20-21H,1,14,16-17H2,2-6H3/t20-,21+/m1/s1. The van der Waals surface area contributed by atoms with Crippen LogP contribution in [0.25, 0.3) is 16.7 Å². The van der Waals surface area contributed by atoms with Crippen LogP contribution < -0.4 is 10.6 Å². The summed E-state index contributed by atoms with van der Waals surface area (Å²) >= 11 is 0. The second-order valence-electron chi connectivity index (χ2n) is 11.2. The highest BCUT2D eigenvalue weighted by Gasteiger charge is 2.34. The van der Waals surface area contributed by atoms with E-state index in [2.05, 4.69) is 16.5 Å². The van der Waals surface area contributed by atoms with Crippen LogP contribution in [0.5, 0.6) is 0 Å². The lowest BCUT2D eigenvalue weighted by molar-refractivity contribution is -0.128. The van der Waals surface area contributed by atoms with Crippen LogP contribution in [0.4, 0.5) is 14.6 Å². The molecule has 1 aliphatic heterocycles. The van der Waals surface area contributed by atoms with E-state index in [4.69, 9.17) is 4.98 Å². The van der Waals surface area contributed by atoms with E-state index in [0.717, 1.165) is 5.56 Å².